The predicted molar refractivity (Wildman–Crippen MR) is 128 cm³/mol. The normalized spacial score (nSPS) is 14.9. The van der Waals surface area contributed by atoms with Gasteiger partial charge >= 0.3 is 12.1 Å². The van der Waals surface area contributed by atoms with Gasteiger partial charge in [-0.25, -0.2) is 9.59 Å². The zero-order valence-corrected chi connectivity index (χ0v) is 19.8. The van der Waals surface area contributed by atoms with E-state index < -0.39 is 29.6 Å². The molecule has 182 valence electrons. The third kappa shape index (κ3) is 5.22. The molecule has 0 bridgehead atoms. The number of carbonyl (C=O) groups excluding carboxylic acids is 2. The van der Waals surface area contributed by atoms with Crippen LogP contribution >= 0.6 is 0 Å². The van der Waals surface area contributed by atoms with Crippen LogP contribution in [0.4, 0.5) is 4.79 Å². The van der Waals surface area contributed by atoms with Crippen LogP contribution in [0.2, 0.25) is 0 Å². The molecule has 2 amide bonds. The van der Waals surface area contributed by atoms with Crippen LogP contribution in [0.25, 0.3) is 11.1 Å². The lowest BCUT2D eigenvalue weighted by molar-refractivity contribution is -0.150. The van der Waals surface area contributed by atoms with Crippen molar-refractivity contribution in [1.29, 1.82) is 0 Å². The molecule has 3 rings (SSSR count). The van der Waals surface area contributed by atoms with Gasteiger partial charge in [-0.05, 0) is 35.1 Å². The van der Waals surface area contributed by atoms with Gasteiger partial charge in [-0.3, -0.25) is 4.79 Å². The van der Waals surface area contributed by atoms with E-state index in [1.807, 2.05) is 43.3 Å². The quantitative estimate of drug-likeness (QED) is 0.464. The van der Waals surface area contributed by atoms with Crippen molar-refractivity contribution >= 4 is 18.0 Å². The molecule has 0 heterocycles. The molecule has 2 aromatic carbocycles. The number of methoxy groups -OCH3 is 1. The highest BCUT2D eigenvalue weighted by atomic mass is 16.5. The Labute approximate surface area is 199 Å². The molecule has 2 atom stereocenters. The van der Waals surface area contributed by atoms with Crippen LogP contribution in [-0.4, -0.2) is 55.0 Å². The molecule has 0 saturated carbocycles. The Morgan fingerprint density at radius 1 is 1.03 bits per heavy atom. The minimum absolute atomic E-state index is 0.0990. The summed E-state index contributed by atoms with van der Waals surface area (Å²) in [6.45, 7) is 3.46. The maximum absolute atomic E-state index is 12.9. The number of hydrogen-bond acceptors (Lipinski definition) is 5. The molecule has 2 aromatic rings. The Morgan fingerprint density at radius 2 is 1.62 bits per heavy atom. The van der Waals surface area contributed by atoms with Gasteiger partial charge in [0.05, 0.1) is 6.61 Å². The van der Waals surface area contributed by atoms with Crippen molar-refractivity contribution in [2.45, 2.75) is 50.6 Å². The van der Waals surface area contributed by atoms with E-state index in [-0.39, 0.29) is 25.6 Å². The maximum atomic E-state index is 12.9. The molecule has 0 aromatic heterocycles. The summed E-state index contributed by atoms with van der Waals surface area (Å²) in [5, 5.41) is 14.8. The first kappa shape index (κ1) is 25.2. The lowest BCUT2D eigenvalue weighted by Gasteiger charge is -2.30. The number of carbonyl (C=O) groups is 3. The molecule has 8 heteroatoms. The van der Waals surface area contributed by atoms with E-state index >= 15 is 0 Å². The van der Waals surface area contributed by atoms with Gasteiger partial charge in [0.15, 0.2) is 5.54 Å². The van der Waals surface area contributed by atoms with Crippen molar-refractivity contribution in [2.75, 3.05) is 20.3 Å². The minimum atomic E-state index is -1.57. The standard InChI is InChI=1S/C26H32N2O6/c1-4-10-22(23(29)28-26(5-2,16-33-3)24(30)31)27-25(32)34-15-21-19-13-8-6-11-17(19)18-12-7-9-14-20(18)21/h6-9,11-14,21-22H,4-5,10,15-16H2,1-3H3,(H,27,32)(H,28,29)(H,30,31). The molecule has 2 unspecified atom stereocenters. The number of ether oxygens (including phenoxy) is 2. The number of fused-ring (bicyclic) bond motifs is 3. The predicted octanol–water partition coefficient (Wildman–Crippen LogP) is 3.69. The lowest BCUT2D eigenvalue weighted by atomic mass is 9.96. The summed E-state index contributed by atoms with van der Waals surface area (Å²) < 4.78 is 10.6. The Kier molecular flexibility index (Phi) is 8.28. The Morgan fingerprint density at radius 3 is 2.12 bits per heavy atom. The van der Waals surface area contributed by atoms with Crippen LogP contribution in [0.15, 0.2) is 48.5 Å². The smallest absolute Gasteiger partial charge is 0.407 e. The van der Waals surface area contributed by atoms with Crippen LogP contribution in [0.1, 0.15) is 50.2 Å². The van der Waals surface area contributed by atoms with Gasteiger partial charge in [0.1, 0.15) is 12.6 Å². The van der Waals surface area contributed by atoms with Crippen LogP contribution in [0.3, 0.4) is 0 Å². The number of carboxylic acids is 1. The third-order valence-corrected chi connectivity index (χ3v) is 6.30. The SMILES string of the molecule is CCCC(NC(=O)OCC1c2ccccc2-c2ccccc21)C(=O)NC(CC)(COC)C(=O)O. The van der Waals surface area contributed by atoms with Crippen molar-refractivity contribution in [1.82, 2.24) is 10.6 Å². The van der Waals surface area contributed by atoms with Gasteiger partial charge in [0.2, 0.25) is 5.91 Å². The monoisotopic (exact) mass is 468 g/mol. The van der Waals surface area contributed by atoms with E-state index in [1.165, 1.54) is 7.11 Å². The molecular weight excluding hydrogens is 436 g/mol. The molecule has 0 aliphatic heterocycles. The fraction of sp³-hybridized carbons (Fsp3) is 0.423. The number of rotatable bonds is 11. The first-order valence-corrected chi connectivity index (χ1v) is 11.5. The molecule has 1 aliphatic carbocycles. The molecule has 0 spiro atoms. The summed E-state index contributed by atoms with van der Waals surface area (Å²) in [5.74, 6) is -1.88. The summed E-state index contributed by atoms with van der Waals surface area (Å²) in [5.41, 5.74) is 2.86. The number of alkyl carbamates (subject to hydrolysis) is 1. The summed E-state index contributed by atoms with van der Waals surface area (Å²) in [7, 11) is 1.37. The molecular formula is C26H32N2O6. The van der Waals surface area contributed by atoms with Crippen molar-refractivity contribution in [3.8, 4) is 11.1 Å². The number of nitrogens with one attached hydrogen (secondary N) is 2. The first-order chi connectivity index (χ1) is 16.4. The van der Waals surface area contributed by atoms with Crippen molar-refractivity contribution in [2.24, 2.45) is 0 Å². The summed E-state index contributed by atoms with van der Waals surface area (Å²) in [6.07, 6.45) is 0.353. The fourth-order valence-electron chi connectivity index (χ4n) is 4.40. The number of amides is 2. The number of benzene rings is 2. The second-order valence-electron chi connectivity index (χ2n) is 8.47. The molecule has 0 fully saturated rings. The number of carboxylic acid groups (broad SMARTS) is 1. The topological polar surface area (TPSA) is 114 Å². The Balaban J connectivity index is 1.68. The molecule has 0 saturated heterocycles. The number of hydrogen-bond donors (Lipinski definition) is 3. The molecule has 0 radical (unpaired) electrons. The second kappa shape index (κ2) is 11.2. The van der Waals surface area contributed by atoms with Gasteiger partial charge in [0, 0.05) is 13.0 Å². The van der Waals surface area contributed by atoms with Crippen LogP contribution in [-0.2, 0) is 19.1 Å². The van der Waals surface area contributed by atoms with Crippen molar-refractivity contribution in [3.05, 3.63) is 59.7 Å². The summed E-state index contributed by atoms with van der Waals surface area (Å²) >= 11 is 0. The van der Waals surface area contributed by atoms with Crippen LogP contribution in [0.5, 0.6) is 0 Å². The highest BCUT2D eigenvalue weighted by molar-refractivity contribution is 5.91. The molecule has 8 nitrogen and oxygen atoms in total. The third-order valence-electron chi connectivity index (χ3n) is 6.30. The lowest BCUT2D eigenvalue weighted by Crippen LogP contribution is -2.61. The van der Waals surface area contributed by atoms with Gasteiger partial charge in [-0.1, -0.05) is 68.8 Å². The largest absolute Gasteiger partial charge is 0.479 e. The minimum Gasteiger partial charge on any atom is -0.479 e. The fourth-order valence-corrected chi connectivity index (χ4v) is 4.40. The van der Waals surface area contributed by atoms with Gasteiger partial charge < -0.3 is 25.2 Å². The van der Waals surface area contributed by atoms with E-state index in [4.69, 9.17) is 9.47 Å². The summed E-state index contributed by atoms with van der Waals surface area (Å²) in [4.78, 5) is 37.4. The maximum Gasteiger partial charge on any atom is 0.407 e. The second-order valence-corrected chi connectivity index (χ2v) is 8.47. The molecule has 3 N–H and O–H groups in total. The van der Waals surface area contributed by atoms with E-state index in [1.54, 1.807) is 6.92 Å². The average Bonchev–Trinajstić information content (AvgIpc) is 3.15. The zero-order chi connectivity index (χ0) is 24.7. The highest BCUT2D eigenvalue weighted by Gasteiger charge is 2.40. The first-order valence-electron chi connectivity index (χ1n) is 11.5. The average molecular weight is 469 g/mol. The zero-order valence-electron chi connectivity index (χ0n) is 19.8. The van der Waals surface area contributed by atoms with Gasteiger partial charge in [-0.2, -0.15) is 0 Å². The van der Waals surface area contributed by atoms with E-state index in [0.717, 1.165) is 22.3 Å². The van der Waals surface area contributed by atoms with Gasteiger partial charge in [0.25, 0.3) is 0 Å². The van der Waals surface area contributed by atoms with Crippen LogP contribution < -0.4 is 10.6 Å². The molecule has 1 aliphatic rings. The van der Waals surface area contributed by atoms with Crippen molar-refractivity contribution in [3.63, 3.8) is 0 Å². The van der Waals surface area contributed by atoms with E-state index in [0.29, 0.717) is 12.8 Å². The number of aliphatic carboxylic acids is 1. The summed E-state index contributed by atoms with van der Waals surface area (Å²) in [6, 6.07) is 15.1. The Hall–Kier alpha value is -3.39. The van der Waals surface area contributed by atoms with E-state index in [9.17, 15) is 19.5 Å². The highest BCUT2D eigenvalue weighted by Crippen LogP contribution is 2.44. The molecule has 34 heavy (non-hydrogen) atoms. The van der Waals surface area contributed by atoms with Crippen molar-refractivity contribution < 1.29 is 29.0 Å². The Bertz CT molecular complexity index is 994. The van der Waals surface area contributed by atoms with Gasteiger partial charge in [-0.15, -0.1) is 0 Å². The van der Waals surface area contributed by atoms with Crippen LogP contribution in [0, 0.1) is 0 Å². The van der Waals surface area contributed by atoms with E-state index in [2.05, 4.69) is 22.8 Å².